The number of aryl methyl sites for hydroxylation is 1. The molecule has 2 rings (SSSR count). The lowest BCUT2D eigenvalue weighted by molar-refractivity contribution is -0.116. The zero-order chi connectivity index (χ0) is 13.0. The topological polar surface area (TPSA) is 55.1 Å². The first kappa shape index (κ1) is 13.0. The Hall–Kier alpha value is -1.40. The van der Waals surface area contributed by atoms with Crippen molar-refractivity contribution in [1.82, 2.24) is 10.5 Å². The molecular weight excluding hydrogens is 316 g/mol. The molecule has 2 aromatic rings. The van der Waals surface area contributed by atoms with Gasteiger partial charge in [-0.3, -0.25) is 4.79 Å². The molecule has 94 valence electrons. The number of halogens is 1. The monoisotopic (exact) mass is 326 g/mol. The van der Waals surface area contributed by atoms with Crippen LogP contribution in [0.4, 0.5) is 0 Å². The Labute approximate surface area is 117 Å². The van der Waals surface area contributed by atoms with Crippen LogP contribution in [0.2, 0.25) is 0 Å². The van der Waals surface area contributed by atoms with Crippen LogP contribution in [0.15, 0.2) is 32.6 Å². The Morgan fingerprint density at radius 3 is 3.06 bits per heavy atom. The van der Waals surface area contributed by atoms with Gasteiger partial charge in [0.15, 0.2) is 0 Å². The highest BCUT2D eigenvalue weighted by atomic mass is 79.9. The highest BCUT2D eigenvalue weighted by Gasteiger charge is 2.01. The van der Waals surface area contributed by atoms with Gasteiger partial charge in [-0.1, -0.05) is 5.16 Å². The lowest BCUT2D eigenvalue weighted by atomic mass is 10.3. The Kier molecular flexibility index (Phi) is 4.33. The number of thiophene rings is 1. The third kappa shape index (κ3) is 3.82. The molecule has 0 aliphatic carbocycles. The molecule has 1 N–H and O–H groups in total. The number of carbonyl (C=O) groups is 1. The van der Waals surface area contributed by atoms with Gasteiger partial charge in [0, 0.05) is 26.9 Å². The maximum atomic E-state index is 11.5. The third-order valence-electron chi connectivity index (χ3n) is 2.11. The van der Waals surface area contributed by atoms with Crippen LogP contribution in [-0.2, 0) is 11.3 Å². The standard InChI is InChI=1S/C12H11BrN2O2S/c1-8-4-10(15-17-8)6-14-12(16)3-2-11-5-9(13)7-18-11/h2-5,7H,6H2,1H3,(H,14,16). The van der Waals surface area contributed by atoms with Crippen LogP contribution in [0.25, 0.3) is 6.08 Å². The van der Waals surface area contributed by atoms with Gasteiger partial charge in [0.25, 0.3) is 0 Å². The van der Waals surface area contributed by atoms with Crippen LogP contribution < -0.4 is 5.32 Å². The van der Waals surface area contributed by atoms with E-state index in [1.165, 1.54) is 6.08 Å². The molecule has 2 aromatic heterocycles. The van der Waals surface area contributed by atoms with Crippen molar-refractivity contribution in [1.29, 1.82) is 0 Å². The number of aromatic nitrogens is 1. The van der Waals surface area contributed by atoms with E-state index in [9.17, 15) is 4.79 Å². The summed E-state index contributed by atoms with van der Waals surface area (Å²) in [6, 6.07) is 3.75. The molecule has 0 radical (unpaired) electrons. The van der Waals surface area contributed by atoms with Crippen LogP contribution >= 0.6 is 27.3 Å². The molecule has 0 fully saturated rings. The van der Waals surface area contributed by atoms with E-state index in [1.807, 2.05) is 18.4 Å². The van der Waals surface area contributed by atoms with E-state index in [4.69, 9.17) is 4.52 Å². The van der Waals surface area contributed by atoms with E-state index >= 15 is 0 Å². The Morgan fingerprint density at radius 2 is 2.44 bits per heavy atom. The predicted octanol–water partition coefficient (Wildman–Crippen LogP) is 3.14. The van der Waals surface area contributed by atoms with Gasteiger partial charge in [0.2, 0.25) is 5.91 Å². The van der Waals surface area contributed by atoms with Crippen LogP contribution in [-0.4, -0.2) is 11.1 Å². The quantitative estimate of drug-likeness (QED) is 0.878. The van der Waals surface area contributed by atoms with Gasteiger partial charge < -0.3 is 9.84 Å². The Bertz CT molecular complexity index is 574. The lowest BCUT2D eigenvalue weighted by Gasteiger charge is -1.96. The molecular formula is C12H11BrN2O2S. The van der Waals surface area contributed by atoms with E-state index in [-0.39, 0.29) is 5.91 Å². The number of nitrogens with one attached hydrogen (secondary N) is 1. The van der Waals surface area contributed by atoms with Crippen molar-refractivity contribution in [3.63, 3.8) is 0 Å². The van der Waals surface area contributed by atoms with Crippen molar-refractivity contribution in [3.8, 4) is 0 Å². The van der Waals surface area contributed by atoms with Crippen molar-refractivity contribution >= 4 is 39.2 Å². The fourth-order valence-electron chi connectivity index (χ4n) is 1.31. The molecule has 1 amide bonds. The molecule has 2 heterocycles. The highest BCUT2D eigenvalue weighted by molar-refractivity contribution is 9.10. The maximum absolute atomic E-state index is 11.5. The Balaban J connectivity index is 1.83. The van der Waals surface area contributed by atoms with Gasteiger partial charge in [0.1, 0.15) is 11.5 Å². The number of nitrogens with zero attached hydrogens (tertiary/aromatic N) is 1. The predicted molar refractivity (Wildman–Crippen MR) is 74.1 cm³/mol. The molecule has 0 saturated heterocycles. The average Bonchev–Trinajstić information content (AvgIpc) is 2.93. The largest absolute Gasteiger partial charge is 0.361 e. The number of rotatable bonds is 4. The summed E-state index contributed by atoms with van der Waals surface area (Å²) in [4.78, 5) is 12.6. The molecule has 0 atom stereocenters. The second-order valence-corrected chi connectivity index (χ2v) is 5.51. The summed E-state index contributed by atoms with van der Waals surface area (Å²) in [5.74, 6) is 0.582. The SMILES string of the molecule is Cc1cc(CNC(=O)C=Cc2cc(Br)cs2)no1. The minimum absolute atomic E-state index is 0.153. The molecule has 0 unspecified atom stereocenters. The summed E-state index contributed by atoms with van der Waals surface area (Å²) in [6.45, 7) is 2.18. The minimum atomic E-state index is -0.153. The lowest BCUT2D eigenvalue weighted by Crippen LogP contribution is -2.20. The highest BCUT2D eigenvalue weighted by Crippen LogP contribution is 2.20. The fraction of sp³-hybridized carbons (Fsp3) is 0.167. The first-order valence-corrected chi connectivity index (χ1v) is 6.93. The number of amides is 1. The zero-order valence-corrected chi connectivity index (χ0v) is 12.0. The van der Waals surface area contributed by atoms with Gasteiger partial charge in [-0.05, 0) is 35.0 Å². The molecule has 4 nitrogen and oxygen atoms in total. The summed E-state index contributed by atoms with van der Waals surface area (Å²) < 4.78 is 5.93. The van der Waals surface area contributed by atoms with Crippen molar-refractivity contribution in [2.24, 2.45) is 0 Å². The van der Waals surface area contributed by atoms with Gasteiger partial charge >= 0.3 is 0 Å². The van der Waals surface area contributed by atoms with Gasteiger partial charge in [-0.2, -0.15) is 0 Å². The fourth-order valence-corrected chi connectivity index (χ4v) is 2.65. The number of hydrogen-bond acceptors (Lipinski definition) is 4. The van der Waals surface area contributed by atoms with E-state index in [2.05, 4.69) is 26.4 Å². The molecule has 0 aromatic carbocycles. The summed E-state index contributed by atoms with van der Waals surface area (Å²) in [6.07, 6.45) is 3.28. The molecule has 0 aliphatic heterocycles. The second kappa shape index (κ2) is 5.97. The van der Waals surface area contributed by atoms with E-state index in [0.29, 0.717) is 12.2 Å². The summed E-state index contributed by atoms with van der Waals surface area (Å²) >= 11 is 4.93. The molecule has 18 heavy (non-hydrogen) atoms. The number of hydrogen-bond donors (Lipinski definition) is 1. The first-order chi connectivity index (χ1) is 8.63. The summed E-state index contributed by atoms with van der Waals surface area (Å²) in [7, 11) is 0. The van der Waals surface area contributed by atoms with Crippen molar-refractivity contribution in [3.05, 3.63) is 44.4 Å². The normalized spacial score (nSPS) is 11.0. The molecule has 0 aliphatic rings. The van der Waals surface area contributed by atoms with Crippen molar-refractivity contribution < 1.29 is 9.32 Å². The minimum Gasteiger partial charge on any atom is -0.361 e. The van der Waals surface area contributed by atoms with Gasteiger partial charge in [-0.15, -0.1) is 11.3 Å². The number of carbonyl (C=O) groups excluding carboxylic acids is 1. The molecule has 0 saturated carbocycles. The van der Waals surface area contributed by atoms with E-state index in [1.54, 1.807) is 23.5 Å². The van der Waals surface area contributed by atoms with Crippen molar-refractivity contribution in [2.45, 2.75) is 13.5 Å². The van der Waals surface area contributed by atoms with Crippen LogP contribution in [0.3, 0.4) is 0 Å². The molecule has 6 heteroatoms. The first-order valence-electron chi connectivity index (χ1n) is 5.25. The zero-order valence-electron chi connectivity index (χ0n) is 9.64. The smallest absolute Gasteiger partial charge is 0.244 e. The summed E-state index contributed by atoms with van der Waals surface area (Å²) in [5, 5.41) is 8.49. The van der Waals surface area contributed by atoms with Crippen molar-refractivity contribution in [2.75, 3.05) is 0 Å². The third-order valence-corrected chi connectivity index (χ3v) is 3.77. The second-order valence-electron chi connectivity index (χ2n) is 3.65. The van der Waals surface area contributed by atoms with E-state index in [0.717, 1.165) is 15.1 Å². The average molecular weight is 327 g/mol. The van der Waals surface area contributed by atoms with Crippen LogP contribution in [0.5, 0.6) is 0 Å². The summed E-state index contributed by atoms with van der Waals surface area (Å²) in [5.41, 5.74) is 0.716. The Morgan fingerprint density at radius 1 is 1.61 bits per heavy atom. The van der Waals surface area contributed by atoms with Gasteiger partial charge in [0.05, 0.1) is 6.54 Å². The van der Waals surface area contributed by atoms with Crippen LogP contribution in [0, 0.1) is 6.92 Å². The molecule has 0 spiro atoms. The molecule has 0 bridgehead atoms. The van der Waals surface area contributed by atoms with E-state index < -0.39 is 0 Å². The van der Waals surface area contributed by atoms with Crippen LogP contribution in [0.1, 0.15) is 16.3 Å². The maximum Gasteiger partial charge on any atom is 0.244 e. The van der Waals surface area contributed by atoms with Gasteiger partial charge in [-0.25, -0.2) is 0 Å².